The Morgan fingerprint density at radius 2 is 1.68 bits per heavy atom. The Kier molecular flexibility index (Phi) is 4.82. The Bertz CT molecular complexity index is 370. The molecule has 126 valence electrons. The van der Waals surface area contributed by atoms with Crippen LogP contribution in [0.2, 0.25) is 0 Å². The summed E-state index contributed by atoms with van der Waals surface area (Å²) in [7, 11) is 0. The molecule has 1 spiro atoms. The van der Waals surface area contributed by atoms with Gasteiger partial charge in [0.15, 0.2) is 0 Å². The van der Waals surface area contributed by atoms with E-state index in [1.54, 1.807) is 44.9 Å². The molecule has 1 aliphatic heterocycles. The lowest BCUT2D eigenvalue weighted by Crippen LogP contribution is -2.30. The number of fused-ring (bicyclic) bond motifs is 3. The van der Waals surface area contributed by atoms with E-state index in [4.69, 9.17) is 0 Å². The molecule has 4 rings (SSSR count). The van der Waals surface area contributed by atoms with E-state index < -0.39 is 0 Å². The molecule has 0 nitrogen and oxygen atoms in total. The van der Waals surface area contributed by atoms with Gasteiger partial charge in [-0.05, 0) is 91.5 Å². The van der Waals surface area contributed by atoms with Crippen molar-refractivity contribution in [2.24, 2.45) is 35.0 Å². The first-order valence-corrected chi connectivity index (χ1v) is 11.5. The van der Waals surface area contributed by atoms with E-state index in [2.05, 4.69) is 18.7 Å². The third kappa shape index (κ3) is 3.01. The van der Waals surface area contributed by atoms with Gasteiger partial charge in [0.25, 0.3) is 0 Å². The third-order valence-corrected chi connectivity index (χ3v) is 9.35. The van der Waals surface area contributed by atoms with Gasteiger partial charge in [-0.25, -0.2) is 0 Å². The van der Waals surface area contributed by atoms with E-state index >= 15 is 0 Å². The van der Waals surface area contributed by atoms with Gasteiger partial charge >= 0.3 is 0 Å². The second-order valence-corrected chi connectivity index (χ2v) is 10.5. The molecule has 0 aromatic heterocycles. The first-order valence-electron chi connectivity index (χ1n) is 10.4. The molecule has 4 fully saturated rings. The van der Waals surface area contributed by atoms with Gasteiger partial charge < -0.3 is 0 Å². The summed E-state index contributed by atoms with van der Waals surface area (Å²) in [6, 6.07) is 0. The second-order valence-electron chi connectivity index (χ2n) is 9.34. The van der Waals surface area contributed by atoms with Crippen molar-refractivity contribution in [3.63, 3.8) is 0 Å². The van der Waals surface area contributed by atoms with Crippen LogP contribution in [0.25, 0.3) is 0 Å². The van der Waals surface area contributed by atoms with Crippen molar-refractivity contribution in [1.29, 1.82) is 0 Å². The molecule has 5 unspecified atom stereocenters. The lowest BCUT2D eigenvalue weighted by Gasteiger charge is -2.40. The molecule has 3 saturated carbocycles. The SMILES string of the molecule is CC1CCC2(CCCCC2)CC2C1CC1CCCCSCC12. The summed E-state index contributed by atoms with van der Waals surface area (Å²) in [5.41, 5.74) is 0.786. The van der Waals surface area contributed by atoms with E-state index in [1.165, 1.54) is 43.6 Å². The fourth-order valence-electron chi connectivity index (χ4n) is 6.85. The smallest absolute Gasteiger partial charge is 0.00337 e. The minimum Gasteiger partial charge on any atom is -0.162 e. The number of hydrogen-bond acceptors (Lipinski definition) is 1. The molecular formula is C21H36S. The van der Waals surface area contributed by atoms with Gasteiger partial charge in [0.2, 0.25) is 0 Å². The molecule has 0 N–H and O–H groups in total. The Morgan fingerprint density at radius 3 is 2.55 bits per heavy atom. The van der Waals surface area contributed by atoms with Gasteiger partial charge in [0.1, 0.15) is 0 Å². The molecule has 0 aromatic carbocycles. The van der Waals surface area contributed by atoms with E-state index in [-0.39, 0.29) is 0 Å². The highest BCUT2D eigenvalue weighted by atomic mass is 32.2. The van der Waals surface area contributed by atoms with E-state index in [1.807, 2.05) is 0 Å². The maximum absolute atomic E-state index is 2.62. The van der Waals surface area contributed by atoms with Crippen molar-refractivity contribution in [2.75, 3.05) is 11.5 Å². The molecule has 0 bridgehead atoms. The molecule has 0 aromatic rings. The predicted octanol–water partition coefficient (Wildman–Crippen LogP) is 6.54. The molecular weight excluding hydrogens is 284 g/mol. The summed E-state index contributed by atoms with van der Waals surface area (Å²) in [4.78, 5) is 0. The summed E-state index contributed by atoms with van der Waals surface area (Å²) in [6.07, 6.45) is 18.7. The van der Waals surface area contributed by atoms with Gasteiger partial charge in [-0.1, -0.05) is 39.0 Å². The Labute approximate surface area is 142 Å². The van der Waals surface area contributed by atoms with Gasteiger partial charge in [-0.15, -0.1) is 0 Å². The summed E-state index contributed by atoms with van der Waals surface area (Å²) in [5, 5.41) is 0. The Morgan fingerprint density at radius 1 is 0.818 bits per heavy atom. The summed E-state index contributed by atoms with van der Waals surface area (Å²) in [6.45, 7) is 2.62. The maximum atomic E-state index is 2.62. The molecule has 0 radical (unpaired) electrons. The Balaban J connectivity index is 1.56. The molecule has 1 saturated heterocycles. The van der Waals surface area contributed by atoms with Crippen molar-refractivity contribution in [3.05, 3.63) is 0 Å². The van der Waals surface area contributed by atoms with Crippen molar-refractivity contribution in [2.45, 2.75) is 84.0 Å². The van der Waals surface area contributed by atoms with Crippen molar-refractivity contribution in [1.82, 2.24) is 0 Å². The molecule has 4 aliphatic rings. The quantitative estimate of drug-likeness (QED) is 0.488. The zero-order valence-electron chi connectivity index (χ0n) is 14.7. The van der Waals surface area contributed by atoms with Crippen LogP contribution in [-0.2, 0) is 0 Å². The second kappa shape index (κ2) is 6.69. The van der Waals surface area contributed by atoms with Crippen LogP contribution < -0.4 is 0 Å². The fraction of sp³-hybridized carbons (Fsp3) is 1.00. The predicted molar refractivity (Wildman–Crippen MR) is 98.3 cm³/mol. The topological polar surface area (TPSA) is 0 Å². The molecule has 5 atom stereocenters. The average Bonchev–Trinajstić information content (AvgIpc) is 2.76. The largest absolute Gasteiger partial charge is 0.162 e. The standard InChI is InChI=1S/C21H36S/c1-16-8-11-21(9-4-2-5-10-21)14-19-18(16)13-17-7-3-6-12-22-15-20(17)19/h16-20H,2-15H2,1H3. The maximum Gasteiger partial charge on any atom is -0.00337 e. The van der Waals surface area contributed by atoms with Crippen LogP contribution in [0.1, 0.15) is 84.0 Å². The number of hydrogen-bond donors (Lipinski definition) is 0. The van der Waals surface area contributed by atoms with Crippen molar-refractivity contribution in [3.8, 4) is 0 Å². The highest BCUT2D eigenvalue weighted by molar-refractivity contribution is 7.99. The van der Waals surface area contributed by atoms with Crippen LogP contribution in [0.5, 0.6) is 0 Å². The lowest BCUT2D eigenvalue weighted by molar-refractivity contribution is 0.117. The third-order valence-electron chi connectivity index (χ3n) is 8.15. The molecule has 1 heterocycles. The highest BCUT2D eigenvalue weighted by Crippen LogP contribution is 2.59. The van der Waals surface area contributed by atoms with Gasteiger partial charge in [-0.2, -0.15) is 11.8 Å². The van der Waals surface area contributed by atoms with Gasteiger partial charge in [-0.3, -0.25) is 0 Å². The first kappa shape index (κ1) is 15.9. The summed E-state index contributed by atoms with van der Waals surface area (Å²) < 4.78 is 0. The fourth-order valence-corrected chi connectivity index (χ4v) is 8.22. The molecule has 0 amide bonds. The minimum atomic E-state index is 0.786. The summed E-state index contributed by atoms with van der Waals surface area (Å²) >= 11 is 2.30. The van der Waals surface area contributed by atoms with Gasteiger partial charge in [0.05, 0.1) is 0 Å². The monoisotopic (exact) mass is 320 g/mol. The van der Waals surface area contributed by atoms with Crippen LogP contribution in [0, 0.1) is 35.0 Å². The van der Waals surface area contributed by atoms with Crippen molar-refractivity contribution >= 4 is 11.8 Å². The molecule has 1 heteroatoms. The van der Waals surface area contributed by atoms with Gasteiger partial charge in [0, 0.05) is 0 Å². The summed E-state index contributed by atoms with van der Waals surface area (Å²) in [5.74, 6) is 8.36. The van der Waals surface area contributed by atoms with Crippen LogP contribution >= 0.6 is 11.8 Å². The normalized spacial score (nSPS) is 45.4. The van der Waals surface area contributed by atoms with Crippen molar-refractivity contribution < 1.29 is 0 Å². The zero-order valence-corrected chi connectivity index (χ0v) is 15.5. The van der Waals surface area contributed by atoms with E-state index in [0.717, 1.165) is 35.0 Å². The lowest BCUT2D eigenvalue weighted by atomic mass is 9.66. The zero-order chi connectivity index (χ0) is 15.0. The first-order chi connectivity index (χ1) is 10.8. The Hall–Kier alpha value is 0.350. The highest BCUT2D eigenvalue weighted by Gasteiger charge is 2.50. The van der Waals surface area contributed by atoms with Crippen LogP contribution in [0.3, 0.4) is 0 Å². The van der Waals surface area contributed by atoms with E-state index in [9.17, 15) is 0 Å². The molecule has 22 heavy (non-hydrogen) atoms. The number of thioether (sulfide) groups is 1. The van der Waals surface area contributed by atoms with Crippen LogP contribution in [0.15, 0.2) is 0 Å². The number of rotatable bonds is 0. The van der Waals surface area contributed by atoms with E-state index in [0.29, 0.717) is 0 Å². The van der Waals surface area contributed by atoms with Crippen LogP contribution in [-0.4, -0.2) is 11.5 Å². The minimum absolute atomic E-state index is 0.786. The molecule has 3 aliphatic carbocycles. The average molecular weight is 321 g/mol. The van der Waals surface area contributed by atoms with Crippen LogP contribution in [0.4, 0.5) is 0 Å².